The SMILES string of the molecule is O=C(CCNC1CC1)NN1CCOCC1. The molecular weight excluding hydrogens is 194 g/mol. The highest BCUT2D eigenvalue weighted by molar-refractivity contribution is 5.75. The maximum atomic E-state index is 11.5. The molecule has 1 saturated heterocycles. The van der Waals surface area contributed by atoms with Crippen LogP contribution in [0.4, 0.5) is 0 Å². The lowest BCUT2D eigenvalue weighted by atomic mass is 10.4. The number of carbonyl (C=O) groups excluding carboxylic acids is 1. The number of hydrazine groups is 1. The highest BCUT2D eigenvalue weighted by atomic mass is 16.5. The van der Waals surface area contributed by atoms with Crippen LogP contribution in [0.25, 0.3) is 0 Å². The van der Waals surface area contributed by atoms with Crippen LogP contribution in [0.5, 0.6) is 0 Å². The number of morpholine rings is 1. The molecule has 5 nitrogen and oxygen atoms in total. The number of nitrogens with zero attached hydrogens (tertiary/aromatic N) is 1. The van der Waals surface area contributed by atoms with Gasteiger partial charge in [0.1, 0.15) is 0 Å². The highest BCUT2D eigenvalue weighted by Crippen LogP contribution is 2.18. The fourth-order valence-electron chi connectivity index (χ4n) is 1.58. The average Bonchev–Trinajstić information content (AvgIpc) is 3.03. The molecule has 2 aliphatic rings. The number of hydrogen-bond donors (Lipinski definition) is 2. The van der Waals surface area contributed by atoms with Crippen molar-refractivity contribution in [2.24, 2.45) is 0 Å². The van der Waals surface area contributed by atoms with E-state index in [-0.39, 0.29) is 5.91 Å². The molecule has 0 aromatic heterocycles. The third kappa shape index (κ3) is 4.15. The van der Waals surface area contributed by atoms with Gasteiger partial charge in [0.05, 0.1) is 13.2 Å². The molecule has 0 aromatic rings. The summed E-state index contributed by atoms with van der Waals surface area (Å²) in [6, 6.07) is 0.682. The third-order valence-electron chi connectivity index (χ3n) is 2.66. The minimum Gasteiger partial charge on any atom is -0.379 e. The molecule has 1 amide bonds. The Bertz CT molecular complexity index is 213. The van der Waals surface area contributed by atoms with Gasteiger partial charge in [-0.2, -0.15) is 0 Å². The summed E-state index contributed by atoms with van der Waals surface area (Å²) in [5.41, 5.74) is 2.89. The van der Waals surface area contributed by atoms with Crippen LogP contribution >= 0.6 is 0 Å². The van der Waals surface area contributed by atoms with Crippen molar-refractivity contribution in [3.63, 3.8) is 0 Å². The monoisotopic (exact) mass is 213 g/mol. The predicted octanol–water partition coefficient (Wildman–Crippen LogP) is -0.508. The lowest BCUT2D eigenvalue weighted by Gasteiger charge is -2.26. The molecule has 2 rings (SSSR count). The Morgan fingerprint density at radius 3 is 2.73 bits per heavy atom. The van der Waals surface area contributed by atoms with Gasteiger partial charge in [0.2, 0.25) is 5.91 Å². The van der Waals surface area contributed by atoms with Crippen molar-refractivity contribution in [2.75, 3.05) is 32.8 Å². The fraction of sp³-hybridized carbons (Fsp3) is 0.900. The van der Waals surface area contributed by atoms with Crippen molar-refractivity contribution in [3.8, 4) is 0 Å². The summed E-state index contributed by atoms with van der Waals surface area (Å²) in [5.74, 6) is 0.102. The smallest absolute Gasteiger partial charge is 0.235 e. The van der Waals surface area contributed by atoms with Crippen LogP contribution in [0, 0.1) is 0 Å². The van der Waals surface area contributed by atoms with Crippen LogP contribution in [0.1, 0.15) is 19.3 Å². The minimum absolute atomic E-state index is 0.102. The zero-order chi connectivity index (χ0) is 10.5. The number of carbonyl (C=O) groups is 1. The first-order valence-corrected chi connectivity index (χ1v) is 5.70. The highest BCUT2D eigenvalue weighted by Gasteiger charge is 2.20. The van der Waals surface area contributed by atoms with Gasteiger partial charge in [0, 0.05) is 32.1 Å². The molecule has 5 heteroatoms. The molecule has 1 saturated carbocycles. The second-order valence-corrected chi connectivity index (χ2v) is 4.11. The summed E-state index contributed by atoms with van der Waals surface area (Å²) in [4.78, 5) is 11.5. The van der Waals surface area contributed by atoms with Crippen molar-refractivity contribution >= 4 is 5.91 Å². The normalized spacial score (nSPS) is 22.7. The van der Waals surface area contributed by atoms with Crippen molar-refractivity contribution < 1.29 is 9.53 Å². The van der Waals surface area contributed by atoms with Gasteiger partial charge in [-0.1, -0.05) is 0 Å². The van der Waals surface area contributed by atoms with Crippen LogP contribution in [0.15, 0.2) is 0 Å². The van der Waals surface area contributed by atoms with Crippen LogP contribution in [-0.2, 0) is 9.53 Å². The molecule has 15 heavy (non-hydrogen) atoms. The number of hydrogen-bond acceptors (Lipinski definition) is 4. The zero-order valence-electron chi connectivity index (χ0n) is 9.00. The summed E-state index contributed by atoms with van der Waals surface area (Å²) in [5, 5.41) is 5.25. The molecule has 86 valence electrons. The minimum atomic E-state index is 0.102. The Hall–Kier alpha value is -0.650. The van der Waals surface area contributed by atoms with E-state index in [0.717, 1.165) is 19.6 Å². The van der Waals surface area contributed by atoms with E-state index in [0.29, 0.717) is 25.7 Å². The molecule has 2 N–H and O–H groups in total. The molecule has 1 aliphatic heterocycles. The predicted molar refractivity (Wildman–Crippen MR) is 56.2 cm³/mol. The summed E-state index contributed by atoms with van der Waals surface area (Å²) < 4.78 is 5.20. The maximum absolute atomic E-state index is 11.5. The topological polar surface area (TPSA) is 53.6 Å². The standard InChI is InChI=1S/C10H19N3O2/c14-10(3-4-11-9-1-2-9)12-13-5-7-15-8-6-13/h9,11H,1-8H2,(H,12,14). The lowest BCUT2D eigenvalue weighted by Crippen LogP contribution is -2.48. The van der Waals surface area contributed by atoms with Gasteiger partial charge < -0.3 is 10.1 Å². The second kappa shape index (κ2) is 5.44. The van der Waals surface area contributed by atoms with E-state index in [1.165, 1.54) is 12.8 Å². The molecule has 0 bridgehead atoms. The molecule has 0 spiro atoms. The molecular formula is C10H19N3O2. The largest absolute Gasteiger partial charge is 0.379 e. The Balaban J connectivity index is 1.54. The first-order valence-electron chi connectivity index (χ1n) is 5.70. The van der Waals surface area contributed by atoms with Gasteiger partial charge in [0.15, 0.2) is 0 Å². The van der Waals surface area contributed by atoms with Gasteiger partial charge in [-0.25, -0.2) is 5.01 Å². The summed E-state index contributed by atoms with van der Waals surface area (Å²) in [6.45, 7) is 3.80. The van der Waals surface area contributed by atoms with E-state index in [9.17, 15) is 4.79 Å². The molecule has 0 aromatic carbocycles. The fourth-order valence-corrected chi connectivity index (χ4v) is 1.58. The van der Waals surface area contributed by atoms with Crippen molar-refractivity contribution in [1.29, 1.82) is 0 Å². The van der Waals surface area contributed by atoms with E-state index in [1.807, 2.05) is 5.01 Å². The van der Waals surface area contributed by atoms with Gasteiger partial charge in [-0.3, -0.25) is 10.2 Å². The first-order chi connectivity index (χ1) is 7.34. The lowest BCUT2D eigenvalue weighted by molar-refractivity contribution is -0.127. The molecule has 1 aliphatic carbocycles. The summed E-state index contributed by atoms with van der Waals surface area (Å²) >= 11 is 0. The van der Waals surface area contributed by atoms with E-state index in [1.54, 1.807) is 0 Å². The van der Waals surface area contributed by atoms with Crippen molar-refractivity contribution in [2.45, 2.75) is 25.3 Å². The number of rotatable bonds is 5. The van der Waals surface area contributed by atoms with E-state index < -0.39 is 0 Å². The average molecular weight is 213 g/mol. The number of ether oxygens (including phenoxy) is 1. The zero-order valence-corrected chi connectivity index (χ0v) is 9.00. The van der Waals surface area contributed by atoms with Crippen LogP contribution < -0.4 is 10.7 Å². The summed E-state index contributed by atoms with van der Waals surface area (Å²) in [6.07, 6.45) is 3.10. The van der Waals surface area contributed by atoms with Crippen LogP contribution in [-0.4, -0.2) is 49.8 Å². The van der Waals surface area contributed by atoms with Gasteiger partial charge >= 0.3 is 0 Å². The van der Waals surface area contributed by atoms with Gasteiger partial charge in [0.25, 0.3) is 0 Å². The summed E-state index contributed by atoms with van der Waals surface area (Å²) in [7, 11) is 0. The quantitative estimate of drug-likeness (QED) is 0.646. The second-order valence-electron chi connectivity index (χ2n) is 4.11. The van der Waals surface area contributed by atoms with Gasteiger partial charge in [-0.15, -0.1) is 0 Å². The first kappa shape index (κ1) is 10.9. The Labute approximate surface area is 90.1 Å². The molecule has 0 radical (unpaired) electrons. The Morgan fingerprint density at radius 1 is 1.33 bits per heavy atom. The Kier molecular flexibility index (Phi) is 3.94. The Morgan fingerprint density at radius 2 is 2.07 bits per heavy atom. The molecule has 2 fully saturated rings. The van der Waals surface area contributed by atoms with Crippen molar-refractivity contribution in [1.82, 2.24) is 15.8 Å². The van der Waals surface area contributed by atoms with E-state index >= 15 is 0 Å². The molecule has 0 atom stereocenters. The van der Waals surface area contributed by atoms with E-state index in [4.69, 9.17) is 4.74 Å². The van der Waals surface area contributed by atoms with Crippen molar-refractivity contribution in [3.05, 3.63) is 0 Å². The van der Waals surface area contributed by atoms with Crippen LogP contribution in [0.2, 0.25) is 0 Å². The van der Waals surface area contributed by atoms with Crippen LogP contribution in [0.3, 0.4) is 0 Å². The maximum Gasteiger partial charge on any atom is 0.235 e. The molecule has 0 unspecified atom stereocenters. The molecule has 1 heterocycles. The third-order valence-corrected chi connectivity index (χ3v) is 2.66. The van der Waals surface area contributed by atoms with Gasteiger partial charge in [-0.05, 0) is 12.8 Å². The number of amides is 1. The van der Waals surface area contributed by atoms with E-state index in [2.05, 4.69) is 10.7 Å². The number of nitrogens with one attached hydrogen (secondary N) is 2.